The van der Waals surface area contributed by atoms with E-state index in [9.17, 15) is 4.79 Å². The third-order valence-corrected chi connectivity index (χ3v) is 14.2. The molecule has 0 fully saturated rings. The molecule has 4 heterocycles. The summed E-state index contributed by atoms with van der Waals surface area (Å²) >= 11 is 6.36. The number of rotatable bonds is 14. The van der Waals surface area contributed by atoms with Crippen molar-refractivity contribution in [1.82, 2.24) is 29.7 Å². The molecule has 0 saturated carbocycles. The number of anilines is 1. The maximum absolute atomic E-state index is 13.5. The molecule has 4 aromatic heterocycles. The molecule has 0 aliphatic heterocycles. The van der Waals surface area contributed by atoms with E-state index in [1.54, 1.807) is 36.8 Å². The first-order valence-corrected chi connectivity index (χ1v) is 17.4. The van der Waals surface area contributed by atoms with Gasteiger partial charge in [-0.2, -0.15) is 9.78 Å². The summed E-state index contributed by atoms with van der Waals surface area (Å²) in [6.07, 6.45) is 4.84. The molecule has 0 aromatic carbocycles. The average Bonchev–Trinajstić information content (AvgIpc) is 3.41. The van der Waals surface area contributed by atoms with Crippen LogP contribution in [0.5, 0.6) is 5.88 Å². The highest BCUT2D eigenvalue weighted by atomic mass is 35.5. The smallest absolute Gasteiger partial charge is 0.269 e. The lowest BCUT2D eigenvalue weighted by Gasteiger charge is -2.42. The Labute approximate surface area is 264 Å². The Bertz CT molecular complexity index is 1530. The van der Waals surface area contributed by atoms with Crippen molar-refractivity contribution < 1.29 is 18.7 Å². The monoisotopic (exact) mass is 639 g/mol. The minimum absolute atomic E-state index is 0.0481. The molecule has 1 N–H and O–H groups in total. The fourth-order valence-corrected chi connectivity index (χ4v) is 11.4. The maximum Gasteiger partial charge on any atom is 0.269 e. The van der Waals surface area contributed by atoms with E-state index in [0.29, 0.717) is 50.9 Å². The van der Waals surface area contributed by atoms with E-state index >= 15 is 0 Å². The first-order valence-electron chi connectivity index (χ1n) is 14.9. The van der Waals surface area contributed by atoms with Gasteiger partial charge in [0.15, 0.2) is 19.8 Å². The van der Waals surface area contributed by atoms with Crippen LogP contribution in [-0.2, 0) is 14.0 Å². The minimum Gasteiger partial charge on any atom is -0.461 e. The molecule has 4 rings (SSSR count). The van der Waals surface area contributed by atoms with Crippen LogP contribution in [0.25, 0.3) is 16.9 Å². The summed E-state index contributed by atoms with van der Waals surface area (Å²) in [7, 11) is -2.08. The fraction of sp³-hybridized carbons (Fsp3) is 0.484. The largest absolute Gasteiger partial charge is 0.461 e. The number of nitrogens with zero attached hydrogens (tertiary/aromatic N) is 6. The summed E-state index contributed by atoms with van der Waals surface area (Å²) in [6.45, 7) is 17.7. The summed E-state index contributed by atoms with van der Waals surface area (Å²) in [5.41, 5.74) is 2.74. The molecule has 0 bridgehead atoms. The number of nitrogens with one attached hydrogen (secondary N) is 1. The predicted octanol–water partition coefficient (Wildman–Crippen LogP) is 6.55. The van der Waals surface area contributed by atoms with E-state index in [1.165, 1.54) is 11.0 Å². The fourth-order valence-electron chi connectivity index (χ4n) is 5.71. The van der Waals surface area contributed by atoms with E-state index in [-0.39, 0.29) is 18.6 Å². The van der Waals surface area contributed by atoms with E-state index in [1.807, 2.05) is 19.9 Å². The van der Waals surface area contributed by atoms with Crippen LogP contribution < -0.4 is 10.1 Å². The Hall–Kier alpha value is -3.45. The van der Waals surface area contributed by atoms with Gasteiger partial charge in [0.1, 0.15) is 17.5 Å². The number of aryl methyl sites for hydroxylation is 1. The van der Waals surface area contributed by atoms with E-state index < -0.39 is 20.3 Å². The molecule has 13 heteroatoms. The molecule has 44 heavy (non-hydrogen) atoms. The van der Waals surface area contributed by atoms with Crippen LogP contribution in [0.3, 0.4) is 0 Å². The zero-order valence-corrected chi connectivity index (χ0v) is 28.4. The summed E-state index contributed by atoms with van der Waals surface area (Å²) in [5.74, 6) is 0.549. The number of ether oxygens (including phenoxy) is 2. The summed E-state index contributed by atoms with van der Waals surface area (Å²) in [4.78, 5) is 30.9. The van der Waals surface area contributed by atoms with Crippen molar-refractivity contribution in [2.24, 2.45) is 0 Å². The number of fused-ring (bicyclic) bond motifs is 1. The molecule has 0 aliphatic carbocycles. The zero-order chi connectivity index (χ0) is 32.0. The SMILES string of the molecule is Cc1ccc(NC(=O)[C@H](COC(C)CO[Si](C(C)C)(C(C)C)C(C)C)Oc2ncnc3c2cnn3-c2ncccc2Cl)nc1. The standard InChI is InChI=1S/C31H42ClN7O4Si/c1-19(2)44(20(3)4,21(5)6)42-16-23(8)41-17-26(30(40)38-27-12-11-22(7)14-34-27)43-31-24-15-37-39(28(24)35-18-36-31)29-25(32)10-9-13-33-29/h9-15,18-21,23,26H,16-17H2,1-8H3,(H,34,38,40)/t23?,26-/m0/s1. The van der Waals surface area contributed by atoms with Gasteiger partial charge in [0.25, 0.3) is 5.91 Å². The van der Waals surface area contributed by atoms with Crippen molar-refractivity contribution >= 4 is 42.7 Å². The normalized spacial score (nSPS) is 13.5. The van der Waals surface area contributed by atoms with Crippen molar-refractivity contribution in [3.05, 3.63) is 59.8 Å². The highest BCUT2D eigenvalue weighted by Gasteiger charge is 2.45. The van der Waals surface area contributed by atoms with E-state index in [2.05, 4.69) is 71.9 Å². The molecular weight excluding hydrogens is 598 g/mol. The highest BCUT2D eigenvalue weighted by Crippen LogP contribution is 2.42. The predicted molar refractivity (Wildman–Crippen MR) is 174 cm³/mol. The van der Waals surface area contributed by atoms with Crippen molar-refractivity contribution in [2.45, 2.75) is 84.2 Å². The second-order valence-corrected chi connectivity index (χ2v) is 17.7. The number of halogens is 1. The number of amides is 1. The van der Waals surface area contributed by atoms with Crippen LogP contribution in [0.4, 0.5) is 5.82 Å². The van der Waals surface area contributed by atoms with Gasteiger partial charge in [-0.25, -0.2) is 19.9 Å². The number of aromatic nitrogens is 6. The molecule has 2 atom stereocenters. The molecule has 0 radical (unpaired) electrons. The molecule has 0 saturated heterocycles. The topological polar surface area (TPSA) is 126 Å². The van der Waals surface area contributed by atoms with Gasteiger partial charge < -0.3 is 19.2 Å². The molecule has 236 valence electrons. The van der Waals surface area contributed by atoms with Crippen LogP contribution in [0.2, 0.25) is 21.6 Å². The Kier molecular flexibility index (Phi) is 11.1. The first kappa shape index (κ1) is 33.4. The van der Waals surface area contributed by atoms with Gasteiger partial charge in [-0.15, -0.1) is 0 Å². The van der Waals surface area contributed by atoms with E-state index in [0.717, 1.165) is 5.56 Å². The van der Waals surface area contributed by atoms with Gasteiger partial charge in [0.05, 0.1) is 30.5 Å². The number of carbonyl (C=O) groups excluding carboxylic acids is 1. The molecular formula is C31H42ClN7O4Si. The van der Waals surface area contributed by atoms with Crippen LogP contribution in [0.15, 0.2) is 49.2 Å². The van der Waals surface area contributed by atoms with Crippen LogP contribution in [-0.4, -0.2) is 69.4 Å². The van der Waals surface area contributed by atoms with Gasteiger partial charge in [0, 0.05) is 12.4 Å². The lowest BCUT2D eigenvalue weighted by atomic mass is 10.3. The molecule has 4 aromatic rings. The third-order valence-electron chi connectivity index (χ3n) is 7.79. The molecule has 11 nitrogen and oxygen atoms in total. The van der Waals surface area contributed by atoms with Crippen molar-refractivity contribution in [3.63, 3.8) is 0 Å². The number of carbonyl (C=O) groups is 1. The van der Waals surface area contributed by atoms with Gasteiger partial charge in [-0.3, -0.25) is 4.79 Å². The second-order valence-electron chi connectivity index (χ2n) is 11.9. The van der Waals surface area contributed by atoms with Gasteiger partial charge in [-0.05, 0) is 54.2 Å². The Morgan fingerprint density at radius 1 is 0.955 bits per heavy atom. The molecule has 0 aliphatic rings. The zero-order valence-electron chi connectivity index (χ0n) is 26.6. The Morgan fingerprint density at radius 3 is 2.32 bits per heavy atom. The van der Waals surface area contributed by atoms with Crippen LogP contribution in [0.1, 0.15) is 54.0 Å². The van der Waals surface area contributed by atoms with Crippen molar-refractivity contribution in [3.8, 4) is 11.7 Å². The van der Waals surface area contributed by atoms with Crippen LogP contribution in [0, 0.1) is 6.92 Å². The van der Waals surface area contributed by atoms with Gasteiger partial charge >= 0.3 is 0 Å². The second kappa shape index (κ2) is 14.6. The van der Waals surface area contributed by atoms with Gasteiger partial charge in [0.2, 0.25) is 12.0 Å². The summed E-state index contributed by atoms with van der Waals surface area (Å²) in [5, 5.41) is 8.13. The number of hydrogen-bond donors (Lipinski definition) is 1. The Morgan fingerprint density at radius 2 is 1.68 bits per heavy atom. The maximum atomic E-state index is 13.5. The summed E-state index contributed by atoms with van der Waals surface area (Å²) in [6, 6.07) is 7.05. The minimum atomic E-state index is -2.08. The summed E-state index contributed by atoms with van der Waals surface area (Å²) < 4.78 is 20.6. The molecule has 1 unspecified atom stereocenters. The average molecular weight is 640 g/mol. The first-order chi connectivity index (χ1) is 20.9. The quantitative estimate of drug-likeness (QED) is 0.153. The Balaban J connectivity index is 1.56. The lowest BCUT2D eigenvalue weighted by Crippen LogP contribution is -2.49. The van der Waals surface area contributed by atoms with Crippen molar-refractivity contribution in [1.29, 1.82) is 0 Å². The number of pyridine rings is 2. The number of hydrogen-bond acceptors (Lipinski definition) is 9. The van der Waals surface area contributed by atoms with Crippen molar-refractivity contribution in [2.75, 3.05) is 18.5 Å². The molecule has 0 spiro atoms. The third kappa shape index (κ3) is 7.43. The van der Waals surface area contributed by atoms with E-state index in [4.69, 9.17) is 25.5 Å². The van der Waals surface area contributed by atoms with Crippen LogP contribution >= 0.6 is 11.6 Å². The van der Waals surface area contributed by atoms with Gasteiger partial charge in [-0.1, -0.05) is 59.2 Å². The molecule has 1 amide bonds. The lowest BCUT2D eigenvalue weighted by molar-refractivity contribution is -0.127. The highest BCUT2D eigenvalue weighted by molar-refractivity contribution is 6.77.